The quantitative estimate of drug-likeness (QED) is 0.403. The molecule has 0 saturated heterocycles. The van der Waals surface area contributed by atoms with E-state index in [2.05, 4.69) is 5.32 Å². The van der Waals surface area contributed by atoms with Crippen molar-refractivity contribution in [3.05, 3.63) is 54.1 Å². The number of ether oxygens (including phenoxy) is 1. The molecule has 168 valence electrons. The molecule has 9 heteroatoms. The number of carbonyl (C=O) groups excluding carboxylic acids is 2. The predicted molar refractivity (Wildman–Crippen MR) is 123 cm³/mol. The lowest BCUT2D eigenvalue weighted by atomic mass is 10.2. The Balaban J connectivity index is 1.88. The maximum atomic E-state index is 12.8. The fourth-order valence-corrected chi connectivity index (χ4v) is 5.41. The zero-order valence-corrected chi connectivity index (χ0v) is 19.6. The molecule has 0 unspecified atom stereocenters. The molecule has 0 radical (unpaired) electrons. The van der Waals surface area contributed by atoms with Crippen LogP contribution >= 0.6 is 11.8 Å². The number of rotatable bonds is 11. The topological polar surface area (TPSA) is 92.8 Å². The van der Waals surface area contributed by atoms with E-state index in [0.717, 1.165) is 4.90 Å². The summed E-state index contributed by atoms with van der Waals surface area (Å²) in [5.41, 5.74) is 0.921. The van der Waals surface area contributed by atoms with Gasteiger partial charge < -0.3 is 10.1 Å². The highest BCUT2D eigenvalue weighted by molar-refractivity contribution is 7.99. The van der Waals surface area contributed by atoms with Crippen molar-refractivity contribution < 1.29 is 22.7 Å². The molecule has 7 nitrogen and oxygen atoms in total. The van der Waals surface area contributed by atoms with Gasteiger partial charge in [0.25, 0.3) is 5.91 Å². The Kier molecular flexibility index (Phi) is 9.54. The molecule has 0 bridgehead atoms. The first-order chi connectivity index (χ1) is 14.8. The number of amides is 1. The summed E-state index contributed by atoms with van der Waals surface area (Å²) in [6.45, 7) is 5.53. The second-order valence-corrected chi connectivity index (χ2v) is 9.76. The molecule has 0 saturated carbocycles. The standard InChI is InChI=1S/C22H28N2O5S2/c1-4-24(5-2)31(27,28)20-15-18(12-11-17(20)3)23-21(25)16-29-22(26)13-14-30-19-9-7-6-8-10-19/h6-12,15H,4-5,13-14,16H2,1-3H3,(H,23,25). The number of benzene rings is 2. The van der Waals surface area contributed by atoms with Crippen LogP contribution in [0.5, 0.6) is 0 Å². The summed E-state index contributed by atoms with van der Waals surface area (Å²) in [4.78, 5) is 25.2. The summed E-state index contributed by atoms with van der Waals surface area (Å²) < 4.78 is 32.0. The molecule has 31 heavy (non-hydrogen) atoms. The van der Waals surface area contributed by atoms with Gasteiger partial charge in [-0.2, -0.15) is 4.31 Å². The third-order valence-corrected chi connectivity index (χ3v) is 7.68. The van der Waals surface area contributed by atoms with Crippen LogP contribution in [0.25, 0.3) is 0 Å². The average Bonchev–Trinajstić information content (AvgIpc) is 2.75. The van der Waals surface area contributed by atoms with Crippen molar-refractivity contribution in [2.75, 3.05) is 30.8 Å². The van der Waals surface area contributed by atoms with Gasteiger partial charge >= 0.3 is 5.97 Å². The van der Waals surface area contributed by atoms with E-state index in [0.29, 0.717) is 30.1 Å². The number of hydrogen-bond donors (Lipinski definition) is 1. The lowest BCUT2D eigenvalue weighted by Gasteiger charge is -2.20. The normalized spacial score (nSPS) is 11.4. The lowest BCUT2D eigenvalue weighted by molar-refractivity contribution is -0.146. The number of esters is 1. The first-order valence-electron chi connectivity index (χ1n) is 10.0. The molecular formula is C22H28N2O5S2. The van der Waals surface area contributed by atoms with Gasteiger partial charge in [0, 0.05) is 29.4 Å². The molecule has 0 aliphatic heterocycles. The van der Waals surface area contributed by atoms with Gasteiger partial charge in [0.15, 0.2) is 6.61 Å². The molecule has 0 heterocycles. The van der Waals surface area contributed by atoms with Crippen LogP contribution in [0.15, 0.2) is 58.3 Å². The Morgan fingerprint density at radius 2 is 1.74 bits per heavy atom. The molecule has 0 aromatic heterocycles. The summed E-state index contributed by atoms with van der Waals surface area (Å²) in [6.07, 6.45) is 0.184. The second kappa shape index (κ2) is 11.9. The zero-order valence-electron chi connectivity index (χ0n) is 18.0. The highest BCUT2D eigenvalue weighted by atomic mass is 32.2. The van der Waals surface area contributed by atoms with Crippen LogP contribution in [0.1, 0.15) is 25.8 Å². The van der Waals surface area contributed by atoms with E-state index in [4.69, 9.17) is 4.74 Å². The molecule has 2 rings (SSSR count). The van der Waals surface area contributed by atoms with Crippen molar-refractivity contribution in [1.82, 2.24) is 4.31 Å². The maximum Gasteiger partial charge on any atom is 0.307 e. The van der Waals surface area contributed by atoms with Gasteiger partial charge in [-0.3, -0.25) is 9.59 Å². The Hall–Kier alpha value is -2.36. The SMILES string of the molecule is CCN(CC)S(=O)(=O)c1cc(NC(=O)COC(=O)CCSc2ccccc2)ccc1C. The Morgan fingerprint density at radius 3 is 2.39 bits per heavy atom. The van der Waals surface area contributed by atoms with Gasteiger partial charge in [-0.15, -0.1) is 11.8 Å². The van der Waals surface area contributed by atoms with Crippen molar-refractivity contribution in [2.45, 2.75) is 37.0 Å². The van der Waals surface area contributed by atoms with Gasteiger partial charge in [0.1, 0.15) is 0 Å². The van der Waals surface area contributed by atoms with Crippen LogP contribution in [-0.4, -0.2) is 50.0 Å². The van der Waals surface area contributed by atoms with E-state index in [1.807, 2.05) is 30.3 Å². The molecule has 0 atom stereocenters. The van der Waals surface area contributed by atoms with Gasteiger partial charge in [-0.1, -0.05) is 38.1 Å². The van der Waals surface area contributed by atoms with E-state index in [-0.39, 0.29) is 11.3 Å². The fourth-order valence-electron chi connectivity index (χ4n) is 2.84. The van der Waals surface area contributed by atoms with Crippen LogP contribution in [-0.2, 0) is 24.3 Å². The third kappa shape index (κ3) is 7.37. The van der Waals surface area contributed by atoms with Crippen molar-refractivity contribution in [2.24, 2.45) is 0 Å². The number of hydrogen-bond acceptors (Lipinski definition) is 6. The summed E-state index contributed by atoms with van der Waals surface area (Å²) in [5.74, 6) is -0.443. The summed E-state index contributed by atoms with van der Waals surface area (Å²) in [6, 6.07) is 14.4. The van der Waals surface area contributed by atoms with Crippen molar-refractivity contribution in [3.63, 3.8) is 0 Å². The number of anilines is 1. The Bertz CT molecular complexity index is 990. The highest BCUT2D eigenvalue weighted by Gasteiger charge is 2.24. The summed E-state index contributed by atoms with van der Waals surface area (Å²) in [5, 5.41) is 2.59. The summed E-state index contributed by atoms with van der Waals surface area (Å²) >= 11 is 1.53. The summed E-state index contributed by atoms with van der Waals surface area (Å²) in [7, 11) is -3.65. The molecule has 0 fully saturated rings. The number of sulfonamides is 1. The largest absolute Gasteiger partial charge is 0.456 e. The number of thioether (sulfide) groups is 1. The average molecular weight is 465 g/mol. The van der Waals surface area contributed by atoms with Gasteiger partial charge in [0.05, 0.1) is 11.3 Å². The van der Waals surface area contributed by atoms with Crippen LogP contribution in [0.3, 0.4) is 0 Å². The molecule has 2 aromatic rings. The zero-order chi connectivity index (χ0) is 22.9. The van der Waals surface area contributed by atoms with Crippen LogP contribution < -0.4 is 5.32 Å². The molecule has 2 aromatic carbocycles. The van der Waals surface area contributed by atoms with E-state index in [1.165, 1.54) is 22.1 Å². The first kappa shape index (κ1) is 24.9. The van der Waals surface area contributed by atoms with Gasteiger partial charge in [0.2, 0.25) is 10.0 Å². The fraction of sp³-hybridized carbons (Fsp3) is 0.364. The molecule has 0 spiro atoms. The molecule has 0 aliphatic carbocycles. The maximum absolute atomic E-state index is 12.8. The molecule has 1 amide bonds. The third-order valence-electron chi connectivity index (χ3n) is 4.48. The highest BCUT2D eigenvalue weighted by Crippen LogP contribution is 2.23. The monoisotopic (exact) mass is 464 g/mol. The number of aryl methyl sites for hydroxylation is 1. The number of nitrogens with zero attached hydrogens (tertiary/aromatic N) is 1. The van der Waals surface area contributed by atoms with Crippen molar-refractivity contribution in [3.8, 4) is 0 Å². The van der Waals surface area contributed by atoms with Crippen molar-refractivity contribution in [1.29, 1.82) is 0 Å². The second-order valence-electron chi connectivity index (χ2n) is 6.69. The number of nitrogens with one attached hydrogen (secondary N) is 1. The van der Waals surface area contributed by atoms with Crippen molar-refractivity contribution >= 4 is 39.3 Å². The Morgan fingerprint density at radius 1 is 1.06 bits per heavy atom. The smallest absolute Gasteiger partial charge is 0.307 e. The lowest BCUT2D eigenvalue weighted by Crippen LogP contribution is -2.31. The van der Waals surface area contributed by atoms with Gasteiger partial charge in [-0.05, 0) is 36.8 Å². The minimum absolute atomic E-state index is 0.143. The van der Waals surface area contributed by atoms with E-state index in [1.54, 1.807) is 32.9 Å². The molecular weight excluding hydrogens is 436 g/mol. The van der Waals surface area contributed by atoms with Gasteiger partial charge in [-0.25, -0.2) is 8.42 Å². The first-order valence-corrected chi connectivity index (χ1v) is 12.4. The van der Waals surface area contributed by atoms with E-state index < -0.39 is 28.5 Å². The van der Waals surface area contributed by atoms with Crippen LogP contribution in [0, 0.1) is 6.92 Å². The molecule has 0 aliphatic rings. The Labute approximate surface area is 188 Å². The van der Waals surface area contributed by atoms with Crippen LogP contribution in [0.2, 0.25) is 0 Å². The minimum atomic E-state index is -3.65. The minimum Gasteiger partial charge on any atom is -0.456 e. The predicted octanol–water partition coefficient (Wildman–Crippen LogP) is 3.69. The van der Waals surface area contributed by atoms with E-state index in [9.17, 15) is 18.0 Å². The molecule has 1 N–H and O–H groups in total. The van der Waals surface area contributed by atoms with Crippen LogP contribution in [0.4, 0.5) is 5.69 Å². The number of carbonyl (C=O) groups is 2. The van der Waals surface area contributed by atoms with E-state index >= 15 is 0 Å².